The highest BCUT2D eigenvalue weighted by Crippen LogP contribution is 2.21. The topological polar surface area (TPSA) is 120 Å². The number of hydrogen-bond donors (Lipinski definition) is 2. The van der Waals surface area contributed by atoms with Gasteiger partial charge in [0, 0.05) is 26.1 Å². The summed E-state index contributed by atoms with van der Waals surface area (Å²) >= 11 is 0. The minimum Gasteiger partial charge on any atom is -0.370 e. The summed E-state index contributed by atoms with van der Waals surface area (Å²) in [5.41, 5.74) is 11.0. The molecule has 0 unspecified atom stereocenters. The van der Waals surface area contributed by atoms with E-state index in [1.165, 1.54) is 0 Å². The van der Waals surface area contributed by atoms with Gasteiger partial charge in [0.1, 0.15) is 0 Å². The van der Waals surface area contributed by atoms with Crippen LogP contribution in [-0.4, -0.2) is 51.3 Å². The van der Waals surface area contributed by atoms with E-state index in [0.29, 0.717) is 38.3 Å². The van der Waals surface area contributed by atoms with Gasteiger partial charge in [-0.15, -0.1) is 5.10 Å². The van der Waals surface area contributed by atoms with Crippen molar-refractivity contribution in [3.05, 3.63) is 11.9 Å². The van der Waals surface area contributed by atoms with Crippen LogP contribution in [0.2, 0.25) is 0 Å². The molecule has 20 heavy (non-hydrogen) atoms. The smallest absolute Gasteiger partial charge is 0.276 e. The number of carbonyl (C=O) groups is 2. The highest BCUT2D eigenvalue weighted by molar-refractivity contribution is 5.92. The van der Waals surface area contributed by atoms with Gasteiger partial charge >= 0.3 is 0 Å². The van der Waals surface area contributed by atoms with Crippen molar-refractivity contribution in [3.8, 4) is 0 Å². The standard InChI is InChI=1S/C12H20N6O2/c13-3-6-18-8-10(15-16-18)12(20)17-4-1-9(2-5-17)7-11(14)19/h8-9H,1-7,13H2,(H2,14,19). The summed E-state index contributed by atoms with van der Waals surface area (Å²) in [6.45, 7) is 2.25. The monoisotopic (exact) mass is 280 g/mol. The maximum atomic E-state index is 12.2. The first kappa shape index (κ1) is 14.4. The van der Waals surface area contributed by atoms with Crippen molar-refractivity contribution in [1.82, 2.24) is 19.9 Å². The summed E-state index contributed by atoms with van der Waals surface area (Å²) in [4.78, 5) is 24.9. The second-order valence-electron chi connectivity index (χ2n) is 5.06. The molecule has 0 spiro atoms. The van der Waals surface area contributed by atoms with Crippen LogP contribution < -0.4 is 11.5 Å². The molecular weight excluding hydrogens is 260 g/mol. The summed E-state index contributed by atoms with van der Waals surface area (Å²) in [6, 6.07) is 0. The van der Waals surface area contributed by atoms with Gasteiger partial charge in [0.15, 0.2) is 5.69 Å². The maximum absolute atomic E-state index is 12.2. The van der Waals surface area contributed by atoms with Crippen LogP contribution in [0.4, 0.5) is 0 Å². The Morgan fingerprint density at radius 1 is 1.35 bits per heavy atom. The molecule has 1 aromatic heterocycles. The predicted molar refractivity (Wildman–Crippen MR) is 71.5 cm³/mol. The molecule has 8 nitrogen and oxygen atoms in total. The lowest BCUT2D eigenvalue weighted by atomic mass is 9.93. The van der Waals surface area contributed by atoms with Crippen molar-refractivity contribution in [2.45, 2.75) is 25.8 Å². The molecular formula is C12H20N6O2. The highest BCUT2D eigenvalue weighted by Gasteiger charge is 2.25. The van der Waals surface area contributed by atoms with Crippen molar-refractivity contribution < 1.29 is 9.59 Å². The summed E-state index contributed by atoms with van der Waals surface area (Å²) in [5, 5.41) is 7.72. The summed E-state index contributed by atoms with van der Waals surface area (Å²) in [5.74, 6) is -0.116. The van der Waals surface area contributed by atoms with E-state index in [-0.39, 0.29) is 17.7 Å². The van der Waals surface area contributed by atoms with Crippen LogP contribution in [0.25, 0.3) is 0 Å². The molecule has 1 aromatic rings. The average Bonchev–Trinajstić information content (AvgIpc) is 2.87. The fourth-order valence-corrected chi connectivity index (χ4v) is 2.42. The number of nitrogens with zero attached hydrogens (tertiary/aromatic N) is 4. The van der Waals surface area contributed by atoms with Crippen molar-refractivity contribution in [1.29, 1.82) is 0 Å². The number of primary amides is 1. The number of carbonyl (C=O) groups excluding carboxylic acids is 2. The van der Waals surface area contributed by atoms with Gasteiger partial charge in [-0.25, -0.2) is 0 Å². The van der Waals surface area contributed by atoms with E-state index < -0.39 is 0 Å². The molecule has 110 valence electrons. The van der Waals surface area contributed by atoms with E-state index in [1.54, 1.807) is 15.8 Å². The first-order valence-corrected chi connectivity index (χ1v) is 6.78. The second-order valence-corrected chi connectivity index (χ2v) is 5.06. The fraction of sp³-hybridized carbons (Fsp3) is 0.667. The van der Waals surface area contributed by atoms with Gasteiger partial charge in [0.25, 0.3) is 5.91 Å². The zero-order valence-electron chi connectivity index (χ0n) is 11.4. The number of nitrogens with two attached hydrogens (primary N) is 2. The van der Waals surface area contributed by atoms with Crippen molar-refractivity contribution in [3.63, 3.8) is 0 Å². The zero-order chi connectivity index (χ0) is 14.5. The number of likely N-dealkylation sites (tertiary alicyclic amines) is 1. The van der Waals surface area contributed by atoms with Gasteiger partial charge in [0.2, 0.25) is 5.91 Å². The number of aromatic nitrogens is 3. The SMILES string of the molecule is NCCn1cc(C(=O)N2CCC(CC(N)=O)CC2)nn1. The second kappa shape index (κ2) is 6.47. The van der Waals surface area contributed by atoms with Crippen LogP contribution in [-0.2, 0) is 11.3 Å². The van der Waals surface area contributed by atoms with Crippen molar-refractivity contribution in [2.75, 3.05) is 19.6 Å². The van der Waals surface area contributed by atoms with Crippen LogP contribution >= 0.6 is 0 Å². The Bertz CT molecular complexity index is 478. The van der Waals surface area contributed by atoms with Crippen LogP contribution in [0.1, 0.15) is 29.8 Å². The van der Waals surface area contributed by atoms with E-state index >= 15 is 0 Å². The molecule has 0 atom stereocenters. The van der Waals surface area contributed by atoms with Gasteiger partial charge in [-0.2, -0.15) is 0 Å². The average molecular weight is 280 g/mol. The van der Waals surface area contributed by atoms with Crippen molar-refractivity contribution >= 4 is 11.8 Å². The van der Waals surface area contributed by atoms with Crippen LogP contribution in [0, 0.1) is 5.92 Å². The number of amides is 2. The molecule has 1 aliphatic heterocycles. The first-order chi connectivity index (χ1) is 9.60. The third-order valence-corrected chi connectivity index (χ3v) is 3.51. The summed E-state index contributed by atoms with van der Waals surface area (Å²) in [6.07, 6.45) is 3.61. The summed E-state index contributed by atoms with van der Waals surface area (Å²) in [7, 11) is 0. The lowest BCUT2D eigenvalue weighted by Gasteiger charge is -2.30. The predicted octanol–water partition coefficient (Wildman–Crippen LogP) is -1.04. The third kappa shape index (κ3) is 3.53. The van der Waals surface area contributed by atoms with Gasteiger partial charge in [-0.05, 0) is 18.8 Å². The Kier molecular flexibility index (Phi) is 4.67. The zero-order valence-corrected chi connectivity index (χ0v) is 11.4. The molecule has 2 heterocycles. The normalized spacial score (nSPS) is 16.4. The highest BCUT2D eigenvalue weighted by atomic mass is 16.2. The van der Waals surface area contributed by atoms with Gasteiger partial charge in [0.05, 0.1) is 12.7 Å². The van der Waals surface area contributed by atoms with E-state index in [4.69, 9.17) is 11.5 Å². The lowest BCUT2D eigenvalue weighted by Crippen LogP contribution is -2.39. The molecule has 2 amide bonds. The maximum Gasteiger partial charge on any atom is 0.276 e. The Labute approximate surface area is 117 Å². The molecule has 8 heteroatoms. The molecule has 0 radical (unpaired) electrons. The molecule has 1 saturated heterocycles. The van der Waals surface area contributed by atoms with Crippen LogP contribution in [0.3, 0.4) is 0 Å². The molecule has 0 bridgehead atoms. The molecule has 4 N–H and O–H groups in total. The molecule has 0 aliphatic carbocycles. The van der Waals surface area contributed by atoms with Gasteiger partial charge in [-0.3, -0.25) is 14.3 Å². The minimum atomic E-state index is -0.278. The fourth-order valence-electron chi connectivity index (χ4n) is 2.42. The van der Waals surface area contributed by atoms with E-state index in [9.17, 15) is 9.59 Å². The Morgan fingerprint density at radius 2 is 2.05 bits per heavy atom. The Hall–Kier alpha value is -1.96. The van der Waals surface area contributed by atoms with Gasteiger partial charge < -0.3 is 16.4 Å². The summed E-state index contributed by atoms with van der Waals surface area (Å²) < 4.78 is 1.56. The quantitative estimate of drug-likeness (QED) is 0.714. The lowest BCUT2D eigenvalue weighted by molar-refractivity contribution is -0.119. The number of rotatable bonds is 5. The molecule has 1 fully saturated rings. The minimum absolute atomic E-state index is 0.120. The van der Waals surface area contributed by atoms with E-state index in [2.05, 4.69) is 10.3 Å². The Morgan fingerprint density at radius 3 is 2.65 bits per heavy atom. The Balaban J connectivity index is 1.89. The molecule has 0 aromatic carbocycles. The van der Waals surface area contributed by atoms with Crippen LogP contribution in [0.15, 0.2) is 6.20 Å². The number of piperidine rings is 1. The van der Waals surface area contributed by atoms with E-state index in [0.717, 1.165) is 12.8 Å². The molecule has 0 saturated carbocycles. The van der Waals surface area contributed by atoms with Crippen LogP contribution in [0.5, 0.6) is 0 Å². The molecule has 1 aliphatic rings. The number of hydrogen-bond acceptors (Lipinski definition) is 5. The third-order valence-electron chi connectivity index (χ3n) is 3.51. The largest absolute Gasteiger partial charge is 0.370 e. The van der Waals surface area contributed by atoms with Crippen molar-refractivity contribution in [2.24, 2.45) is 17.4 Å². The van der Waals surface area contributed by atoms with E-state index in [1.807, 2.05) is 0 Å². The first-order valence-electron chi connectivity index (χ1n) is 6.78. The van der Waals surface area contributed by atoms with Gasteiger partial charge in [-0.1, -0.05) is 5.21 Å². The molecule has 2 rings (SSSR count).